The molecule has 0 saturated heterocycles. The molecule has 1 atom stereocenters. The normalized spacial score (nSPS) is 13.2. The van der Waals surface area contributed by atoms with Crippen molar-refractivity contribution in [1.82, 2.24) is 4.90 Å². The highest BCUT2D eigenvalue weighted by molar-refractivity contribution is 9.09. The predicted molar refractivity (Wildman–Crippen MR) is 105 cm³/mol. The molecule has 0 spiro atoms. The van der Waals surface area contributed by atoms with Gasteiger partial charge in [-0.3, -0.25) is 4.90 Å². The number of alkyl halides is 4. The maximum Gasteiger partial charge on any atom is 0.417 e. The van der Waals surface area contributed by atoms with Crippen LogP contribution in [0.15, 0.2) is 48.5 Å². The Balaban J connectivity index is 2.18. The van der Waals surface area contributed by atoms with Crippen LogP contribution in [0.5, 0.6) is 0 Å². The number of rotatable bonds is 8. The van der Waals surface area contributed by atoms with Crippen molar-refractivity contribution in [3.05, 3.63) is 70.2 Å². The third-order valence-corrected chi connectivity index (χ3v) is 5.29. The first kappa shape index (κ1) is 21.3. The molecular formula is C20H22BrClF3N. The molecule has 0 aromatic heterocycles. The molecule has 2 aromatic carbocycles. The number of hydrogen-bond donors (Lipinski definition) is 0. The highest BCUT2D eigenvalue weighted by Crippen LogP contribution is 2.36. The summed E-state index contributed by atoms with van der Waals surface area (Å²) in [6, 6.07) is 14.2. The predicted octanol–water partition coefficient (Wildman–Crippen LogP) is 6.75. The van der Waals surface area contributed by atoms with Crippen molar-refractivity contribution in [3.8, 4) is 0 Å². The van der Waals surface area contributed by atoms with Crippen LogP contribution in [0.4, 0.5) is 13.2 Å². The second kappa shape index (κ2) is 9.77. The second-order valence-corrected chi connectivity index (χ2v) is 7.54. The van der Waals surface area contributed by atoms with Gasteiger partial charge < -0.3 is 0 Å². The van der Waals surface area contributed by atoms with Gasteiger partial charge in [-0.1, -0.05) is 76.9 Å². The maximum atomic E-state index is 13.1. The summed E-state index contributed by atoms with van der Waals surface area (Å²) in [7, 11) is 0. The van der Waals surface area contributed by atoms with Crippen molar-refractivity contribution >= 4 is 27.5 Å². The van der Waals surface area contributed by atoms with Crippen LogP contribution in [0.25, 0.3) is 0 Å². The number of hydrogen-bond acceptors (Lipinski definition) is 1. The van der Waals surface area contributed by atoms with E-state index in [0.717, 1.165) is 30.9 Å². The molecule has 0 aliphatic rings. The summed E-state index contributed by atoms with van der Waals surface area (Å²) in [6.45, 7) is 4.07. The lowest BCUT2D eigenvalue weighted by atomic mass is 10.00. The first-order chi connectivity index (χ1) is 12.3. The fraction of sp³-hybridized carbons (Fsp3) is 0.400. The number of halogens is 5. The standard InChI is InChI=1S/C20H22BrClF3N/c1-15(16-7-3-2-4-8-16)13-26(12-6-11-21)14-17-9-5-10-18(19(17)22)20(23,24)25/h2-5,7-10,15H,6,11-14H2,1H3/t15-/m1/s1. The first-order valence-electron chi connectivity index (χ1n) is 8.50. The number of benzene rings is 2. The maximum absolute atomic E-state index is 13.1. The van der Waals surface area contributed by atoms with Crippen LogP contribution in [-0.4, -0.2) is 23.3 Å². The minimum absolute atomic E-state index is 0.198. The average molecular weight is 449 g/mol. The van der Waals surface area contributed by atoms with E-state index >= 15 is 0 Å². The zero-order valence-electron chi connectivity index (χ0n) is 14.6. The average Bonchev–Trinajstić information content (AvgIpc) is 2.61. The summed E-state index contributed by atoms with van der Waals surface area (Å²) in [5.74, 6) is 0.274. The summed E-state index contributed by atoms with van der Waals surface area (Å²) in [6.07, 6.45) is -3.52. The highest BCUT2D eigenvalue weighted by Gasteiger charge is 2.34. The molecule has 26 heavy (non-hydrogen) atoms. The molecule has 6 heteroatoms. The van der Waals surface area contributed by atoms with Crippen molar-refractivity contribution < 1.29 is 13.2 Å². The van der Waals surface area contributed by atoms with E-state index in [0.29, 0.717) is 12.1 Å². The van der Waals surface area contributed by atoms with Gasteiger partial charge >= 0.3 is 6.18 Å². The fourth-order valence-corrected chi connectivity index (χ4v) is 3.50. The van der Waals surface area contributed by atoms with E-state index in [2.05, 4.69) is 39.9 Å². The first-order valence-corrected chi connectivity index (χ1v) is 10.0. The van der Waals surface area contributed by atoms with Crippen molar-refractivity contribution in [2.45, 2.75) is 32.0 Å². The van der Waals surface area contributed by atoms with Gasteiger partial charge in [0, 0.05) is 18.4 Å². The molecule has 0 bridgehead atoms. The Kier molecular flexibility index (Phi) is 7.99. The topological polar surface area (TPSA) is 3.24 Å². The molecule has 0 aliphatic carbocycles. The van der Waals surface area contributed by atoms with Gasteiger partial charge in [-0.2, -0.15) is 13.2 Å². The van der Waals surface area contributed by atoms with E-state index < -0.39 is 11.7 Å². The Hall–Kier alpha value is -1.04. The van der Waals surface area contributed by atoms with Gasteiger partial charge in [0.2, 0.25) is 0 Å². The third-order valence-electron chi connectivity index (χ3n) is 4.29. The molecule has 2 aromatic rings. The lowest BCUT2D eigenvalue weighted by molar-refractivity contribution is -0.137. The fourth-order valence-electron chi connectivity index (χ4n) is 2.95. The van der Waals surface area contributed by atoms with Gasteiger partial charge in [0.25, 0.3) is 0 Å². The van der Waals surface area contributed by atoms with Crippen molar-refractivity contribution in [2.24, 2.45) is 0 Å². The molecule has 2 rings (SSSR count). The van der Waals surface area contributed by atoms with E-state index in [9.17, 15) is 13.2 Å². The Labute approximate surface area is 166 Å². The van der Waals surface area contributed by atoms with Gasteiger partial charge in [-0.05, 0) is 36.1 Å². The minimum Gasteiger partial charge on any atom is -0.298 e. The molecule has 0 aliphatic heterocycles. The van der Waals surface area contributed by atoms with Gasteiger partial charge in [0.1, 0.15) is 0 Å². The third kappa shape index (κ3) is 6.00. The molecule has 142 valence electrons. The summed E-state index contributed by atoms with van der Waals surface area (Å²) < 4.78 is 39.3. The van der Waals surface area contributed by atoms with Crippen LogP contribution in [0, 0.1) is 0 Å². The Bertz CT molecular complexity index is 691. The van der Waals surface area contributed by atoms with Crippen molar-refractivity contribution in [1.29, 1.82) is 0 Å². The molecular weight excluding hydrogens is 427 g/mol. The zero-order valence-corrected chi connectivity index (χ0v) is 16.9. The largest absolute Gasteiger partial charge is 0.417 e. The molecule has 0 radical (unpaired) electrons. The van der Waals surface area contributed by atoms with Gasteiger partial charge in [0.15, 0.2) is 0 Å². The van der Waals surface area contributed by atoms with Gasteiger partial charge in [-0.15, -0.1) is 0 Å². The van der Waals surface area contributed by atoms with Crippen LogP contribution in [0.2, 0.25) is 5.02 Å². The van der Waals surface area contributed by atoms with E-state index in [1.54, 1.807) is 6.07 Å². The summed E-state index contributed by atoms with van der Waals surface area (Å²) in [5, 5.41) is 0.649. The van der Waals surface area contributed by atoms with Crippen LogP contribution in [0.3, 0.4) is 0 Å². The molecule has 1 nitrogen and oxygen atoms in total. The summed E-state index contributed by atoms with van der Waals surface area (Å²) in [4.78, 5) is 2.17. The van der Waals surface area contributed by atoms with Crippen molar-refractivity contribution in [3.63, 3.8) is 0 Å². The number of nitrogens with zero attached hydrogens (tertiary/aromatic N) is 1. The van der Waals surface area contributed by atoms with E-state index in [1.165, 1.54) is 11.6 Å². The smallest absolute Gasteiger partial charge is 0.298 e. The molecule has 0 amide bonds. The highest BCUT2D eigenvalue weighted by atomic mass is 79.9. The Morgan fingerprint density at radius 2 is 1.77 bits per heavy atom. The van der Waals surface area contributed by atoms with Crippen LogP contribution >= 0.6 is 27.5 Å². The van der Waals surface area contributed by atoms with Crippen LogP contribution < -0.4 is 0 Å². The minimum atomic E-state index is -4.44. The van der Waals surface area contributed by atoms with E-state index in [4.69, 9.17) is 11.6 Å². The summed E-state index contributed by atoms with van der Waals surface area (Å²) in [5.41, 5.74) is 0.955. The van der Waals surface area contributed by atoms with Crippen LogP contribution in [-0.2, 0) is 12.7 Å². The monoisotopic (exact) mass is 447 g/mol. The van der Waals surface area contributed by atoms with E-state index in [-0.39, 0.29) is 10.9 Å². The summed E-state index contributed by atoms with van der Waals surface area (Å²) >= 11 is 9.49. The molecule has 0 unspecified atom stereocenters. The Morgan fingerprint density at radius 3 is 2.38 bits per heavy atom. The van der Waals surface area contributed by atoms with Gasteiger partial charge in [0.05, 0.1) is 10.6 Å². The second-order valence-electron chi connectivity index (χ2n) is 6.37. The lowest BCUT2D eigenvalue weighted by Crippen LogP contribution is -2.29. The molecule has 0 N–H and O–H groups in total. The Morgan fingerprint density at radius 1 is 1.08 bits per heavy atom. The molecule has 0 saturated carbocycles. The lowest BCUT2D eigenvalue weighted by Gasteiger charge is -2.27. The molecule has 0 heterocycles. The van der Waals surface area contributed by atoms with Crippen molar-refractivity contribution in [2.75, 3.05) is 18.4 Å². The van der Waals surface area contributed by atoms with E-state index in [1.807, 2.05) is 18.2 Å². The van der Waals surface area contributed by atoms with Crippen LogP contribution in [0.1, 0.15) is 36.0 Å². The molecule has 0 fully saturated rings. The SMILES string of the molecule is C[C@H](CN(CCCBr)Cc1cccc(C(F)(F)F)c1Cl)c1ccccc1. The van der Waals surface area contributed by atoms with Gasteiger partial charge in [-0.25, -0.2) is 0 Å². The quantitative estimate of drug-likeness (QED) is 0.404. The zero-order chi connectivity index (χ0) is 19.2.